The first-order valence-electron chi connectivity index (χ1n) is 6.05. The molecule has 104 valence electrons. The van der Waals surface area contributed by atoms with Crippen LogP contribution < -0.4 is 11.1 Å². The monoisotopic (exact) mass is 352 g/mol. The van der Waals surface area contributed by atoms with Gasteiger partial charge in [-0.25, -0.2) is 0 Å². The van der Waals surface area contributed by atoms with Crippen molar-refractivity contribution >= 4 is 39.1 Å². The van der Waals surface area contributed by atoms with Crippen LogP contribution in [0, 0.1) is 6.92 Å². The number of nitrogens with two attached hydrogens (primary N) is 1. The van der Waals surface area contributed by atoms with Gasteiger partial charge >= 0.3 is 0 Å². The molecule has 0 heterocycles. The van der Waals surface area contributed by atoms with Crippen LogP contribution in [0.25, 0.3) is 0 Å². The Morgan fingerprint density at radius 2 is 2.05 bits per heavy atom. The van der Waals surface area contributed by atoms with Crippen LogP contribution in [0.2, 0.25) is 5.02 Å². The average Bonchev–Trinajstić information content (AvgIpc) is 2.41. The van der Waals surface area contributed by atoms with E-state index in [-0.39, 0.29) is 0 Å². The highest BCUT2D eigenvalue weighted by atomic mass is 79.9. The van der Waals surface area contributed by atoms with Crippen molar-refractivity contribution in [3.63, 3.8) is 0 Å². The van der Waals surface area contributed by atoms with Crippen LogP contribution in [0.4, 0.5) is 5.69 Å². The molecule has 5 heteroatoms. The second-order valence-electron chi connectivity index (χ2n) is 4.50. The third-order valence-corrected chi connectivity index (χ3v) is 4.17. The van der Waals surface area contributed by atoms with Crippen molar-refractivity contribution in [1.29, 1.82) is 0 Å². The van der Waals surface area contributed by atoms with E-state index in [1.54, 1.807) is 12.1 Å². The third kappa shape index (κ3) is 3.52. The van der Waals surface area contributed by atoms with E-state index in [9.17, 15) is 4.79 Å². The standard InChI is InChI=1S/C15H14BrClN2O/c1-9-6-10(2-4-13(9)16)8-19-11-3-5-14(17)12(7-11)15(18)20/h2-7,19H,8H2,1H3,(H2,18,20). The zero-order valence-corrected chi connectivity index (χ0v) is 13.3. The van der Waals surface area contributed by atoms with Crippen LogP contribution in [0.3, 0.4) is 0 Å². The maximum atomic E-state index is 11.2. The van der Waals surface area contributed by atoms with Gasteiger partial charge in [0.15, 0.2) is 0 Å². The highest BCUT2D eigenvalue weighted by Crippen LogP contribution is 2.21. The van der Waals surface area contributed by atoms with Gasteiger partial charge in [0.1, 0.15) is 0 Å². The van der Waals surface area contributed by atoms with Crippen molar-refractivity contribution in [2.75, 3.05) is 5.32 Å². The molecule has 2 rings (SSSR count). The summed E-state index contributed by atoms with van der Waals surface area (Å²) in [6, 6.07) is 11.3. The lowest BCUT2D eigenvalue weighted by molar-refractivity contribution is 0.100. The van der Waals surface area contributed by atoms with Crippen molar-refractivity contribution in [2.45, 2.75) is 13.5 Å². The quantitative estimate of drug-likeness (QED) is 0.868. The molecule has 0 saturated carbocycles. The van der Waals surface area contributed by atoms with Gasteiger partial charge in [-0.3, -0.25) is 4.79 Å². The topological polar surface area (TPSA) is 55.1 Å². The van der Waals surface area contributed by atoms with Crippen molar-refractivity contribution < 1.29 is 4.79 Å². The molecule has 1 amide bonds. The summed E-state index contributed by atoms with van der Waals surface area (Å²) in [4.78, 5) is 11.2. The molecule has 0 unspecified atom stereocenters. The van der Waals surface area contributed by atoms with Gasteiger partial charge in [0.2, 0.25) is 5.91 Å². The van der Waals surface area contributed by atoms with Crippen LogP contribution >= 0.6 is 27.5 Å². The number of benzene rings is 2. The van der Waals surface area contributed by atoms with Crippen LogP contribution in [-0.2, 0) is 6.54 Å². The molecular formula is C15H14BrClN2O. The first kappa shape index (κ1) is 14.9. The molecule has 0 radical (unpaired) electrons. The summed E-state index contributed by atoms with van der Waals surface area (Å²) in [6.45, 7) is 2.70. The van der Waals surface area contributed by atoms with E-state index in [0.29, 0.717) is 17.1 Å². The maximum absolute atomic E-state index is 11.2. The number of nitrogens with one attached hydrogen (secondary N) is 1. The lowest BCUT2D eigenvalue weighted by Crippen LogP contribution is -2.12. The van der Waals surface area contributed by atoms with Crippen molar-refractivity contribution in [1.82, 2.24) is 0 Å². The Kier molecular flexibility index (Phi) is 4.68. The van der Waals surface area contributed by atoms with Gasteiger partial charge in [0.25, 0.3) is 0 Å². The molecule has 20 heavy (non-hydrogen) atoms. The molecular weight excluding hydrogens is 340 g/mol. The molecule has 0 atom stereocenters. The lowest BCUT2D eigenvalue weighted by atomic mass is 10.1. The molecule has 0 saturated heterocycles. The summed E-state index contributed by atoms with van der Waals surface area (Å²) in [6.07, 6.45) is 0. The molecule has 0 bridgehead atoms. The van der Waals surface area contributed by atoms with E-state index in [4.69, 9.17) is 17.3 Å². The molecule has 0 aromatic heterocycles. The van der Waals surface area contributed by atoms with Gasteiger partial charge in [-0.15, -0.1) is 0 Å². The Morgan fingerprint density at radius 1 is 1.30 bits per heavy atom. The van der Waals surface area contributed by atoms with Crippen LogP contribution in [0.1, 0.15) is 21.5 Å². The fourth-order valence-corrected chi connectivity index (χ4v) is 2.30. The van der Waals surface area contributed by atoms with Gasteiger partial charge in [-0.05, 0) is 42.3 Å². The van der Waals surface area contributed by atoms with Crippen molar-refractivity contribution in [2.24, 2.45) is 5.73 Å². The van der Waals surface area contributed by atoms with Crippen LogP contribution in [0.15, 0.2) is 40.9 Å². The molecule has 2 aromatic carbocycles. The first-order valence-corrected chi connectivity index (χ1v) is 7.22. The number of hydrogen-bond acceptors (Lipinski definition) is 2. The first-order chi connectivity index (χ1) is 9.47. The van der Waals surface area contributed by atoms with E-state index in [2.05, 4.69) is 27.3 Å². The number of anilines is 1. The molecule has 2 aromatic rings. The predicted octanol–water partition coefficient (Wildman–Crippen LogP) is 4.12. The van der Waals surface area contributed by atoms with Crippen molar-refractivity contribution in [3.8, 4) is 0 Å². The smallest absolute Gasteiger partial charge is 0.250 e. The number of carbonyl (C=O) groups is 1. The van der Waals surface area contributed by atoms with E-state index < -0.39 is 5.91 Å². The predicted molar refractivity (Wildman–Crippen MR) is 86.2 cm³/mol. The van der Waals surface area contributed by atoms with Crippen LogP contribution in [-0.4, -0.2) is 5.91 Å². The SMILES string of the molecule is Cc1cc(CNc2ccc(Cl)c(C(N)=O)c2)ccc1Br. The Balaban J connectivity index is 2.12. The zero-order chi connectivity index (χ0) is 14.7. The summed E-state index contributed by atoms with van der Waals surface area (Å²) in [7, 11) is 0. The summed E-state index contributed by atoms with van der Waals surface area (Å²) < 4.78 is 1.09. The highest BCUT2D eigenvalue weighted by molar-refractivity contribution is 9.10. The fraction of sp³-hybridized carbons (Fsp3) is 0.133. The number of aryl methyl sites for hydroxylation is 1. The summed E-state index contributed by atoms with van der Waals surface area (Å²) in [5, 5.41) is 3.61. The molecule has 0 spiro atoms. The molecule has 0 aliphatic heterocycles. The van der Waals surface area contributed by atoms with Gasteiger partial charge in [-0.2, -0.15) is 0 Å². The lowest BCUT2D eigenvalue weighted by Gasteiger charge is -2.09. The molecule has 3 N–H and O–H groups in total. The second kappa shape index (κ2) is 6.29. The summed E-state index contributed by atoms with van der Waals surface area (Å²) in [5.41, 5.74) is 8.74. The van der Waals surface area contributed by atoms with E-state index in [1.165, 1.54) is 5.56 Å². The van der Waals surface area contributed by atoms with E-state index in [0.717, 1.165) is 15.7 Å². The van der Waals surface area contributed by atoms with E-state index in [1.807, 2.05) is 25.1 Å². The second-order valence-corrected chi connectivity index (χ2v) is 5.76. The maximum Gasteiger partial charge on any atom is 0.250 e. The Hall–Kier alpha value is -1.52. The Labute approximate surface area is 131 Å². The number of amides is 1. The largest absolute Gasteiger partial charge is 0.381 e. The minimum Gasteiger partial charge on any atom is -0.381 e. The molecule has 3 nitrogen and oxygen atoms in total. The van der Waals surface area contributed by atoms with E-state index >= 15 is 0 Å². The Morgan fingerprint density at radius 3 is 2.70 bits per heavy atom. The summed E-state index contributed by atoms with van der Waals surface area (Å²) in [5.74, 6) is -0.530. The number of hydrogen-bond donors (Lipinski definition) is 2. The van der Waals surface area contributed by atoms with Gasteiger partial charge in [-0.1, -0.05) is 39.7 Å². The molecule has 0 fully saturated rings. The normalized spacial score (nSPS) is 10.3. The number of carbonyl (C=O) groups excluding carboxylic acids is 1. The third-order valence-electron chi connectivity index (χ3n) is 2.95. The Bertz CT molecular complexity index is 658. The number of primary amides is 1. The zero-order valence-electron chi connectivity index (χ0n) is 10.9. The molecule has 0 aliphatic rings. The average molecular weight is 354 g/mol. The fourth-order valence-electron chi connectivity index (χ4n) is 1.84. The highest BCUT2D eigenvalue weighted by Gasteiger charge is 2.07. The molecule has 0 aliphatic carbocycles. The van der Waals surface area contributed by atoms with Gasteiger partial charge in [0, 0.05) is 16.7 Å². The van der Waals surface area contributed by atoms with Crippen LogP contribution in [0.5, 0.6) is 0 Å². The van der Waals surface area contributed by atoms with Gasteiger partial charge < -0.3 is 11.1 Å². The number of halogens is 2. The minimum atomic E-state index is -0.530. The van der Waals surface area contributed by atoms with Gasteiger partial charge in [0.05, 0.1) is 10.6 Å². The minimum absolute atomic E-state index is 0.323. The number of rotatable bonds is 4. The summed E-state index contributed by atoms with van der Waals surface area (Å²) >= 11 is 9.39. The van der Waals surface area contributed by atoms with Crippen molar-refractivity contribution in [3.05, 3.63) is 62.6 Å².